The molecule has 10 heteroatoms. The van der Waals surface area contributed by atoms with Gasteiger partial charge in [-0.05, 0) is 12.3 Å². The molecule has 1 aromatic heterocycles. The first-order valence-corrected chi connectivity index (χ1v) is 9.78. The Morgan fingerprint density at radius 2 is 1.84 bits per heavy atom. The van der Waals surface area contributed by atoms with Gasteiger partial charge in [-0.25, -0.2) is 9.78 Å². The molecule has 0 radical (unpaired) electrons. The third-order valence-electron chi connectivity index (χ3n) is 4.81. The maximum atomic E-state index is 13.5. The van der Waals surface area contributed by atoms with E-state index in [1.54, 1.807) is 32.0 Å². The number of nitrogens with zero attached hydrogens (tertiary/aromatic N) is 2. The van der Waals surface area contributed by atoms with Gasteiger partial charge in [0.15, 0.2) is 5.78 Å². The van der Waals surface area contributed by atoms with Crippen molar-refractivity contribution in [1.29, 1.82) is 0 Å². The fourth-order valence-electron chi connectivity index (χ4n) is 3.49. The van der Waals surface area contributed by atoms with Crippen molar-refractivity contribution in [2.45, 2.75) is 38.3 Å². The molecule has 0 saturated heterocycles. The number of H-pyrrole nitrogens is 1. The fourth-order valence-corrected chi connectivity index (χ4v) is 3.49. The largest absolute Gasteiger partial charge is 0.479 e. The van der Waals surface area contributed by atoms with Crippen molar-refractivity contribution < 1.29 is 24.3 Å². The topological polar surface area (TPSA) is 172 Å². The van der Waals surface area contributed by atoms with Gasteiger partial charge in [-0.2, -0.15) is 0 Å². The van der Waals surface area contributed by atoms with Crippen molar-refractivity contribution in [3.8, 4) is 0 Å². The van der Waals surface area contributed by atoms with Crippen LogP contribution in [0.3, 0.4) is 0 Å². The summed E-state index contributed by atoms with van der Waals surface area (Å²) in [6.07, 6.45) is 2.51. The molecule has 1 heterocycles. The Kier molecular flexibility index (Phi) is 7.78. The first-order valence-electron chi connectivity index (χ1n) is 9.78. The Balaban J connectivity index is 2.63. The van der Waals surface area contributed by atoms with Crippen LogP contribution in [0, 0.1) is 5.92 Å². The SMILES string of the molecule is CC(C)CC(C(=O)O)(C(=O)c1ccccc1)N(C(=O)CN)C(=O)C(N)Cc1cnc[nH]1. The number of ketones is 1. The van der Waals surface area contributed by atoms with Crippen LogP contribution in [-0.2, 0) is 20.8 Å². The van der Waals surface area contributed by atoms with Crippen molar-refractivity contribution in [2.24, 2.45) is 17.4 Å². The Morgan fingerprint density at radius 3 is 2.32 bits per heavy atom. The molecule has 2 aromatic rings. The normalized spacial score (nSPS) is 14.0. The maximum absolute atomic E-state index is 13.5. The minimum atomic E-state index is -2.49. The number of hydrogen-bond acceptors (Lipinski definition) is 7. The number of carboxylic acids is 1. The number of aromatic amines is 1. The number of Topliss-reactive ketones (excluding diaryl/α,β-unsaturated/α-hetero) is 1. The van der Waals surface area contributed by atoms with E-state index in [4.69, 9.17) is 11.5 Å². The van der Waals surface area contributed by atoms with Crippen molar-refractivity contribution in [1.82, 2.24) is 14.9 Å². The number of carboxylic acid groups (broad SMARTS) is 1. The van der Waals surface area contributed by atoms with Crippen molar-refractivity contribution in [3.05, 3.63) is 54.1 Å². The highest BCUT2D eigenvalue weighted by Gasteiger charge is 2.56. The van der Waals surface area contributed by atoms with E-state index in [1.165, 1.54) is 24.7 Å². The van der Waals surface area contributed by atoms with Gasteiger partial charge in [0.1, 0.15) is 0 Å². The summed E-state index contributed by atoms with van der Waals surface area (Å²) in [5.74, 6) is -4.87. The number of benzene rings is 1. The van der Waals surface area contributed by atoms with E-state index in [9.17, 15) is 24.3 Å². The molecule has 1 aromatic carbocycles. The summed E-state index contributed by atoms with van der Waals surface area (Å²) < 4.78 is 0. The smallest absolute Gasteiger partial charge is 0.338 e. The molecule has 2 unspecified atom stereocenters. The lowest BCUT2D eigenvalue weighted by Gasteiger charge is -2.40. The number of hydrogen-bond donors (Lipinski definition) is 4. The monoisotopic (exact) mass is 429 g/mol. The van der Waals surface area contributed by atoms with Crippen LogP contribution in [0.4, 0.5) is 0 Å². The van der Waals surface area contributed by atoms with E-state index in [-0.39, 0.29) is 24.3 Å². The molecule has 6 N–H and O–H groups in total. The average Bonchev–Trinajstić information content (AvgIpc) is 3.25. The van der Waals surface area contributed by atoms with Gasteiger partial charge in [-0.15, -0.1) is 0 Å². The van der Waals surface area contributed by atoms with Crippen LogP contribution in [0.2, 0.25) is 0 Å². The lowest BCUT2D eigenvalue weighted by atomic mass is 9.79. The molecule has 0 bridgehead atoms. The van der Waals surface area contributed by atoms with E-state index >= 15 is 0 Å². The quantitative estimate of drug-likeness (QED) is 0.309. The predicted octanol–water partition coefficient (Wildman–Crippen LogP) is 0.346. The number of imidazole rings is 1. The minimum Gasteiger partial charge on any atom is -0.479 e. The third-order valence-corrected chi connectivity index (χ3v) is 4.81. The highest BCUT2D eigenvalue weighted by atomic mass is 16.4. The lowest BCUT2D eigenvalue weighted by molar-refractivity contribution is -0.164. The van der Waals surface area contributed by atoms with E-state index in [2.05, 4.69) is 9.97 Å². The van der Waals surface area contributed by atoms with Gasteiger partial charge in [0.25, 0.3) is 0 Å². The molecule has 0 fully saturated rings. The van der Waals surface area contributed by atoms with Gasteiger partial charge in [0.05, 0.1) is 18.9 Å². The van der Waals surface area contributed by atoms with Crippen molar-refractivity contribution >= 4 is 23.6 Å². The fraction of sp³-hybridized carbons (Fsp3) is 0.381. The summed E-state index contributed by atoms with van der Waals surface area (Å²) in [5, 5.41) is 10.2. The van der Waals surface area contributed by atoms with E-state index in [1.807, 2.05) is 0 Å². The van der Waals surface area contributed by atoms with E-state index in [0.717, 1.165) is 0 Å². The Morgan fingerprint density at radius 1 is 1.19 bits per heavy atom. The van der Waals surface area contributed by atoms with Crippen LogP contribution in [0.25, 0.3) is 0 Å². The van der Waals surface area contributed by atoms with Gasteiger partial charge in [-0.1, -0.05) is 44.2 Å². The van der Waals surface area contributed by atoms with Crippen LogP contribution < -0.4 is 11.5 Å². The zero-order valence-corrected chi connectivity index (χ0v) is 17.4. The van der Waals surface area contributed by atoms with Gasteiger partial charge in [0.2, 0.25) is 17.4 Å². The van der Waals surface area contributed by atoms with Gasteiger partial charge in [0, 0.05) is 23.9 Å². The number of carbonyl (C=O) groups excluding carboxylic acids is 3. The highest BCUT2D eigenvalue weighted by molar-refractivity contribution is 6.21. The zero-order valence-electron chi connectivity index (χ0n) is 17.4. The first kappa shape index (κ1) is 23.9. The number of aliphatic carboxylic acids is 1. The molecule has 0 saturated carbocycles. The molecule has 10 nitrogen and oxygen atoms in total. The summed E-state index contributed by atoms with van der Waals surface area (Å²) in [4.78, 5) is 59.4. The number of carbonyl (C=O) groups is 4. The number of nitrogens with one attached hydrogen (secondary N) is 1. The summed E-state index contributed by atoms with van der Waals surface area (Å²) in [7, 11) is 0. The molecule has 0 spiro atoms. The number of imide groups is 1. The second-order valence-electron chi connectivity index (χ2n) is 7.62. The standard InChI is InChI=1S/C21H27N5O5/c1-13(2)9-21(20(30)31,18(28)14-6-4-3-5-7-14)26(17(27)10-22)19(29)16(23)8-15-11-24-12-25-15/h3-7,11-13,16H,8-10,22-23H2,1-2H3,(H,24,25)(H,30,31). The summed E-state index contributed by atoms with van der Waals surface area (Å²) in [6, 6.07) is 6.36. The number of amides is 2. The number of aromatic nitrogens is 2. The summed E-state index contributed by atoms with van der Waals surface area (Å²) in [6.45, 7) is 2.71. The number of rotatable bonds is 10. The molecule has 2 atom stereocenters. The van der Waals surface area contributed by atoms with Gasteiger partial charge >= 0.3 is 5.97 Å². The first-order chi connectivity index (χ1) is 14.6. The molecular weight excluding hydrogens is 402 g/mol. The Hall–Kier alpha value is -3.37. The van der Waals surface area contributed by atoms with Crippen LogP contribution in [-0.4, -0.2) is 61.7 Å². The highest BCUT2D eigenvalue weighted by Crippen LogP contribution is 2.31. The molecule has 0 aliphatic carbocycles. The minimum absolute atomic E-state index is 0.0376. The number of nitrogens with two attached hydrogens (primary N) is 2. The second kappa shape index (κ2) is 10.1. The summed E-state index contributed by atoms with van der Waals surface area (Å²) in [5.41, 5.74) is 9.61. The van der Waals surface area contributed by atoms with Crippen molar-refractivity contribution in [3.63, 3.8) is 0 Å². The van der Waals surface area contributed by atoms with Crippen LogP contribution >= 0.6 is 0 Å². The zero-order chi connectivity index (χ0) is 23.2. The summed E-state index contributed by atoms with van der Waals surface area (Å²) >= 11 is 0. The molecule has 166 valence electrons. The second-order valence-corrected chi connectivity index (χ2v) is 7.62. The molecule has 0 aliphatic heterocycles. The van der Waals surface area contributed by atoms with Crippen LogP contribution in [0.1, 0.15) is 36.3 Å². The average molecular weight is 429 g/mol. The molecule has 0 aliphatic rings. The molecular formula is C21H27N5O5. The third kappa shape index (κ3) is 5.04. The van der Waals surface area contributed by atoms with Gasteiger partial charge in [-0.3, -0.25) is 19.3 Å². The van der Waals surface area contributed by atoms with E-state index in [0.29, 0.717) is 10.6 Å². The lowest BCUT2D eigenvalue weighted by Crippen LogP contribution is -2.68. The Bertz CT molecular complexity index is 929. The Labute approximate surface area is 179 Å². The van der Waals surface area contributed by atoms with Crippen molar-refractivity contribution in [2.75, 3.05) is 6.54 Å². The van der Waals surface area contributed by atoms with Crippen LogP contribution in [0.5, 0.6) is 0 Å². The van der Waals surface area contributed by atoms with Gasteiger partial charge < -0.3 is 21.6 Å². The predicted molar refractivity (Wildman–Crippen MR) is 112 cm³/mol. The molecule has 2 amide bonds. The molecule has 31 heavy (non-hydrogen) atoms. The maximum Gasteiger partial charge on any atom is 0.338 e. The molecule has 2 rings (SSSR count). The van der Waals surface area contributed by atoms with E-state index < -0.39 is 41.7 Å². The van der Waals surface area contributed by atoms with Crippen LogP contribution in [0.15, 0.2) is 42.9 Å².